The number of thioether (sulfide) groups is 1. The lowest BCUT2D eigenvalue weighted by atomic mass is 10.3. The first-order chi connectivity index (χ1) is 11.6. The fourth-order valence-corrected chi connectivity index (χ4v) is 2.88. The highest BCUT2D eigenvalue weighted by atomic mass is 35.5. The van der Waals surface area contributed by atoms with Crippen molar-refractivity contribution in [3.63, 3.8) is 0 Å². The van der Waals surface area contributed by atoms with E-state index in [0.29, 0.717) is 16.5 Å². The number of nitrogens with zero attached hydrogens (tertiary/aromatic N) is 3. The van der Waals surface area contributed by atoms with Gasteiger partial charge in [-0.1, -0.05) is 23.4 Å². The second kappa shape index (κ2) is 7.52. The van der Waals surface area contributed by atoms with Crippen molar-refractivity contribution in [1.82, 2.24) is 14.8 Å². The predicted octanol–water partition coefficient (Wildman–Crippen LogP) is 3.62. The first-order valence-corrected chi connectivity index (χ1v) is 8.17. The summed E-state index contributed by atoms with van der Waals surface area (Å²) in [7, 11) is 2.63. The van der Waals surface area contributed by atoms with Gasteiger partial charge in [0.15, 0.2) is 5.16 Å². The van der Waals surface area contributed by atoms with Crippen LogP contribution in [0, 0.1) is 0 Å². The summed E-state index contributed by atoms with van der Waals surface area (Å²) in [5.41, 5.74) is 0.362. The summed E-state index contributed by atoms with van der Waals surface area (Å²) in [5.74, 6) is -1.16. The highest BCUT2D eigenvalue weighted by molar-refractivity contribution is 8.00. The zero-order valence-corrected chi connectivity index (χ0v) is 15.0. The van der Waals surface area contributed by atoms with Crippen molar-refractivity contribution in [1.29, 1.82) is 0 Å². The van der Waals surface area contributed by atoms with Crippen LogP contribution < -0.4 is 10.1 Å². The molecule has 2 aromatic rings. The molecule has 0 radical (unpaired) electrons. The van der Waals surface area contributed by atoms with E-state index in [2.05, 4.69) is 15.5 Å². The molecule has 1 atom stereocenters. The van der Waals surface area contributed by atoms with Crippen molar-refractivity contribution in [3.05, 3.63) is 29.0 Å². The van der Waals surface area contributed by atoms with Gasteiger partial charge in [-0.15, -0.1) is 10.2 Å². The number of carbonyl (C=O) groups excluding carboxylic acids is 1. The molecule has 6 nitrogen and oxygen atoms in total. The van der Waals surface area contributed by atoms with Crippen molar-refractivity contribution in [2.75, 3.05) is 12.4 Å². The molecular weight excluding hydrogens is 381 g/mol. The minimum Gasteiger partial charge on any atom is -0.495 e. The Balaban J connectivity index is 2.12. The van der Waals surface area contributed by atoms with Crippen LogP contribution in [0.4, 0.5) is 18.9 Å². The normalized spacial score (nSPS) is 12.8. The highest BCUT2D eigenvalue weighted by Crippen LogP contribution is 2.32. The van der Waals surface area contributed by atoms with Gasteiger partial charge in [-0.05, 0) is 25.1 Å². The Labute approximate surface area is 150 Å². The molecule has 0 fully saturated rings. The zero-order valence-electron chi connectivity index (χ0n) is 13.4. The van der Waals surface area contributed by atoms with Crippen LogP contribution in [0.1, 0.15) is 12.7 Å². The number of aromatic nitrogens is 3. The van der Waals surface area contributed by atoms with Gasteiger partial charge >= 0.3 is 6.18 Å². The number of carbonyl (C=O) groups is 1. The molecule has 0 bridgehead atoms. The van der Waals surface area contributed by atoms with Crippen LogP contribution in [0.15, 0.2) is 23.4 Å². The number of anilines is 1. The average molecular weight is 395 g/mol. The quantitative estimate of drug-likeness (QED) is 0.784. The van der Waals surface area contributed by atoms with Crippen molar-refractivity contribution >= 4 is 35.0 Å². The summed E-state index contributed by atoms with van der Waals surface area (Å²) in [6.07, 6.45) is -4.61. The standard InChI is InChI=1S/C14H14ClF3N4O2S/c1-7(25-13-21-20-12(22(13)2)14(16,17)18)11(23)19-9-6-8(15)4-5-10(9)24-3/h4-7H,1-3H3,(H,19,23). The fraction of sp³-hybridized carbons (Fsp3) is 0.357. The van der Waals surface area contributed by atoms with E-state index in [1.165, 1.54) is 20.2 Å². The Kier molecular flexibility index (Phi) is 5.83. The maximum absolute atomic E-state index is 12.7. The smallest absolute Gasteiger partial charge is 0.451 e. The van der Waals surface area contributed by atoms with Gasteiger partial charge in [0.05, 0.1) is 18.0 Å². The topological polar surface area (TPSA) is 69.0 Å². The molecule has 0 saturated heterocycles. The molecule has 1 amide bonds. The largest absolute Gasteiger partial charge is 0.495 e. The lowest BCUT2D eigenvalue weighted by Gasteiger charge is -2.14. The summed E-state index contributed by atoms with van der Waals surface area (Å²) < 4.78 is 44.1. The number of halogens is 4. The third kappa shape index (κ3) is 4.57. The molecule has 0 aliphatic rings. The Morgan fingerprint density at radius 2 is 2.08 bits per heavy atom. The second-order valence-electron chi connectivity index (χ2n) is 4.96. The van der Waals surface area contributed by atoms with Crippen LogP contribution in [0.3, 0.4) is 0 Å². The molecule has 0 aliphatic carbocycles. The second-order valence-corrected chi connectivity index (χ2v) is 6.70. The number of rotatable bonds is 5. The lowest BCUT2D eigenvalue weighted by molar-refractivity contribution is -0.147. The predicted molar refractivity (Wildman–Crippen MR) is 88.0 cm³/mol. The summed E-state index contributed by atoms with van der Waals surface area (Å²) >= 11 is 6.75. The minimum atomic E-state index is -4.61. The number of methoxy groups -OCH3 is 1. The van der Waals surface area contributed by atoms with Gasteiger partial charge in [0.25, 0.3) is 0 Å². The number of hydrogen-bond acceptors (Lipinski definition) is 5. The van der Waals surface area contributed by atoms with Crippen LogP contribution in [-0.4, -0.2) is 33.0 Å². The zero-order chi connectivity index (χ0) is 18.8. The van der Waals surface area contributed by atoms with E-state index in [1.807, 2.05) is 0 Å². The first-order valence-electron chi connectivity index (χ1n) is 6.91. The molecule has 0 spiro atoms. The number of amides is 1. The van der Waals surface area contributed by atoms with Gasteiger partial charge in [0.2, 0.25) is 11.7 Å². The fourth-order valence-electron chi connectivity index (χ4n) is 1.89. The number of nitrogens with one attached hydrogen (secondary N) is 1. The van der Waals surface area contributed by atoms with Gasteiger partial charge in [0.1, 0.15) is 5.75 Å². The van der Waals surface area contributed by atoms with Crippen molar-refractivity contribution < 1.29 is 22.7 Å². The van der Waals surface area contributed by atoms with Gasteiger partial charge in [-0.3, -0.25) is 4.79 Å². The Hall–Kier alpha value is -1.94. The number of ether oxygens (including phenoxy) is 1. The van der Waals surface area contributed by atoms with Crippen LogP contribution in [0.2, 0.25) is 5.02 Å². The van der Waals surface area contributed by atoms with E-state index < -0.39 is 23.2 Å². The van der Waals surface area contributed by atoms with Crippen LogP contribution in [0.25, 0.3) is 0 Å². The molecule has 11 heteroatoms. The van der Waals surface area contributed by atoms with Crippen LogP contribution >= 0.6 is 23.4 Å². The summed E-state index contributed by atoms with van der Waals surface area (Å²) in [5, 5.41) is 8.89. The molecule has 0 aliphatic heterocycles. The summed E-state index contributed by atoms with van der Waals surface area (Å²) in [6, 6.07) is 4.71. The van der Waals surface area contributed by atoms with Crippen molar-refractivity contribution in [2.45, 2.75) is 23.5 Å². The van der Waals surface area contributed by atoms with Crippen LogP contribution in [-0.2, 0) is 18.0 Å². The molecule has 1 unspecified atom stereocenters. The Morgan fingerprint density at radius 3 is 2.64 bits per heavy atom. The monoisotopic (exact) mass is 394 g/mol. The molecule has 136 valence electrons. The first kappa shape index (κ1) is 19.4. The van der Waals surface area contributed by atoms with Gasteiger partial charge in [-0.2, -0.15) is 13.2 Å². The molecule has 1 aromatic carbocycles. The van der Waals surface area contributed by atoms with Gasteiger partial charge < -0.3 is 14.6 Å². The molecular formula is C14H14ClF3N4O2S. The molecule has 1 N–H and O–H groups in total. The molecule has 1 aromatic heterocycles. The minimum absolute atomic E-state index is 0.0203. The maximum Gasteiger partial charge on any atom is 0.451 e. The Bertz CT molecular complexity index is 782. The van der Waals surface area contributed by atoms with E-state index in [0.717, 1.165) is 16.3 Å². The van der Waals surface area contributed by atoms with E-state index in [-0.39, 0.29) is 5.16 Å². The Morgan fingerprint density at radius 1 is 1.40 bits per heavy atom. The SMILES string of the molecule is COc1ccc(Cl)cc1NC(=O)C(C)Sc1nnc(C(F)(F)F)n1C. The summed E-state index contributed by atoms with van der Waals surface area (Å²) in [4.78, 5) is 12.3. The molecule has 1 heterocycles. The van der Waals surface area contributed by atoms with E-state index >= 15 is 0 Å². The number of hydrogen-bond donors (Lipinski definition) is 1. The average Bonchev–Trinajstić information content (AvgIpc) is 2.88. The summed E-state index contributed by atoms with van der Waals surface area (Å²) in [6.45, 7) is 1.54. The van der Waals surface area contributed by atoms with Crippen molar-refractivity contribution in [2.24, 2.45) is 7.05 Å². The number of alkyl halides is 3. The maximum atomic E-state index is 12.7. The van der Waals surface area contributed by atoms with E-state index in [4.69, 9.17) is 16.3 Å². The molecule has 0 saturated carbocycles. The van der Waals surface area contributed by atoms with E-state index in [1.54, 1.807) is 19.1 Å². The molecule has 2 rings (SSSR count). The number of benzene rings is 1. The van der Waals surface area contributed by atoms with Crippen LogP contribution in [0.5, 0.6) is 5.75 Å². The van der Waals surface area contributed by atoms with Gasteiger partial charge in [-0.25, -0.2) is 0 Å². The van der Waals surface area contributed by atoms with Gasteiger partial charge in [0, 0.05) is 12.1 Å². The molecule has 25 heavy (non-hydrogen) atoms. The van der Waals surface area contributed by atoms with E-state index in [9.17, 15) is 18.0 Å². The lowest BCUT2D eigenvalue weighted by Crippen LogP contribution is -2.23. The van der Waals surface area contributed by atoms with Crippen molar-refractivity contribution in [3.8, 4) is 5.75 Å². The third-order valence-electron chi connectivity index (χ3n) is 3.16. The third-order valence-corrected chi connectivity index (χ3v) is 4.53. The highest BCUT2D eigenvalue weighted by Gasteiger charge is 2.37.